The fraction of sp³-hybridized carbons (Fsp3) is 0.417. The van der Waals surface area contributed by atoms with E-state index in [4.69, 9.17) is 0 Å². The number of imidazole rings is 1. The Hall–Kier alpha value is -2.16. The van der Waals surface area contributed by atoms with Gasteiger partial charge in [0.1, 0.15) is 9.84 Å². The topological polar surface area (TPSA) is 97.8 Å². The molecule has 0 N–H and O–H groups in total. The van der Waals surface area contributed by atoms with Crippen molar-refractivity contribution in [1.82, 2.24) is 9.38 Å². The van der Waals surface area contributed by atoms with Gasteiger partial charge in [0.2, 0.25) is 11.5 Å². The van der Waals surface area contributed by atoms with Gasteiger partial charge in [0.25, 0.3) is 0 Å². The van der Waals surface area contributed by atoms with E-state index in [0.29, 0.717) is 5.65 Å². The molecular weight excluding hydrogens is 296 g/mol. The Kier molecular flexibility index (Phi) is 3.86. The van der Waals surface area contributed by atoms with Crippen LogP contribution in [-0.2, 0) is 9.84 Å². The Labute approximate surface area is 122 Å². The highest BCUT2D eigenvalue weighted by Crippen LogP contribution is 2.29. The van der Waals surface area contributed by atoms with Crippen LogP contribution in [-0.4, -0.2) is 47.8 Å². The molecule has 0 amide bonds. The van der Waals surface area contributed by atoms with Crippen molar-refractivity contribution in [3.8, 4) is 0 Å². The maximum absolute atomic E-state index is 11.4. The van der Waals surface area contributed by atoms with E-state index in [0.717, 1.165) is 6.26 Å². The van der Waals surface area contributed by atoms with Gasteiger partial charge in [-0.05, 0) is 17.9 Å². The largest absolute Gasteiger partial charge is 0.372 e. The van der Waals surface area contributed by atoms with Gasteiger partial charge in [-0.2, -0.15) is 9.38 Å². The second kappa shape index (κ2) is 5.32. The molecule has 0 aliphatic rings. The van der Waals surface area contributed by atoms with Crippen molar-refractivity contribution >= 4 is 27.1 Å². The molecule has 0 saturated carbocycles. The molecule has 0 aliphatic heterocycles. The van der Waals surface area contributed by atoms with Gasteiger partial charge in [0.05, 0.1) is 11.9 Å². The van der Waals surface area contributed by atoms with Crippen LogP contribution in [0.2, 0.25) is 0 Å². The summed E-state index contributed by atoms with van der Waals surface area (Å²) >= 11 is 0. The van der Waals surface area contributed by atoms with Crippen LogP contribution < -0.4 is 4.90 Å². The SMILES string of the molecule is CC(CS(C)(=O)=O)N(C)c1nc2ccccn2c1[N+](=O)[O-]. The van der Waals surface area contributed by atoms with Gasteiger partial charge in [0, 0.05) is 25.4 Å². The molecule has 2 heterocycles. The minimum atomic E-state index is -3.19. The summed E-state index contributed by atoms with van der Waals surface area (Å²) in [6, 6.07) is 4.64. The van der Waals surface area contributed by atoms with E-state index in [1.165, 1.54) is 9.30 Å². The lowest BCUT2D eigenvalue weighted by atomic mass is 10.3. The van der Waals surface area contributed by atoms with Crippen molar-refractivity contribution < 1.29 is 13.3 Å². The predicted molar refractivity (Wildman–Crippen MR) is 79.4 cm³/mol. The van der Waals surface area contributed by atoms with E-state index in [9.17, 15) is 18.5 Å². The zero-order valence-corrected chi connectivity index (χ0v) is 12.7. The Balaban J connectivity index is 2.50. The number of nitro groups is 1. The molecule has 2 rings (SSSR count). The molecule has 114 valence electrons. The first-order valence-corrected chi connectivity index (χ1v) is 8.29. The van der Waals surface area contributed by atoms with Crippen molar-refractivity contribution in [2.24, 2.45) is 0 Å². The van der Waals surface area contributed by atoms with Gasteiger partial charge < -0.3 is 15.0 Å². The lowest BCUT2D eigenvalue weighted by molar-refractivity contribution is -0.389. The van der Waals surface area contributed by atoms with Crippen LogP contribution in [0.3, 0.4) is 0 Å². The maximum Gasteiger partial charge on any atom is 0.372 e. The van der Waals surface area contributed by atoms with Crippen LogP contribution in [0.15, 0.2) is 24.4 Å². The van der Waals surface area contributed by atoms with Crippen molar-refractivity contribution in [1.29, 1.82) is 0 Å². The zero-order valence-electron chi connectivity index (χ0n) is 11.9. The summed E-state index contributed by atoms with van der Waals surface area (Å²) in [5.41, 5.74) is 0.442. The quantitative estimate of drug-likeness (QED) is 0.606. The summed E-state index contributed by atoms with van der Waals surface area (Å²) < 4.78 is 24.1. The number of anilines is 1. The Morgan fingerprint density at radius 3 is 2.71 bits per heavy atom. The van der Waals surface area contributed by atoms with E-state index in [-0.39, 0.29) is 17.4 Å². The van der Waals surface area contributed by atoms with Crippen LogP contribution in [0.1, 0.15) is 6.92 Å². The highest BCUT2D eigenvalue weighted by atomic mass is 32.2. The number of hydrogen-bond acceptors (Lipinski definition) is 6. The minimum Gasteiger partial charge on any atom is -0.358 e. The first-order chi connectivity index (χ1) is 9.70. The molecule has 9 heteroatoms. The maximum atomic E-state index is 11.4. The molecule has 21 heavy (non-hydrogen) atoms. The molecule has 1 atom stereocenters. The lowest BCUT2D eigenvalue weighted by Crippen LogP contribution is -2.35. The standard InChI is InChI=1S/C12H16N4O4S/c1-9(8-21(3,19)20)14(2)11-12(16(17)18)15-7-5-4-6-10(15)13-11/h4-7,9H,8H2,1-3H3. The number of pyridine rings is 1. The molecule has 0 saturated heterocycles. The van der Waals surface area contributed by atoms with E-state index >= 15 is 0 Å². The first-order valence-electron chi connectivity index (χ1n) is 6.22. The monoisotopic (exact) mass is 312 g/mol. The van der Waals surface area contributed by atoms with Gasteiger partial charge in [-0.1, -0.05) is 6.07 Å². The Morgan fingerprint density at radius 1 is 1.48 bits per heavy atom. The number of aromatic nitrogens is 2. The zero-order chi connectivity index (χ0) is 15.8. The molecular formula is C12H16N4O4S. The average Bonchev–Trinajstić information content (AvgIpc) is 2.74. The van der Waals surface area contributed by atoms with Gasteiger partial charge in [-0.25, -0.2) is 8.42 Å². The van der Waals surface area contributed by atoms with Gasteiger partial charge >= 0.3 is 5.82 Å². The third kappa shape index (κ3) is 3.13. The Bertz CT molecular complexity index is 784. The van der Waals surface area contributed by atoms with Gasteiger partial charge in [-0.15, -0.1) is 0 Å². The van der Waals surface area contributed by atoms with Gasteiger partial charge in [-0.3, -0.25) is 0 Å². The summed E-state index contributed by atoms with van der Waals surface area (Å²) in [5, 5.41) is 11.3. The molecule has 0 radical (unpaired) electrons. The molecule has 0 spiro atoms. The van der Waals surface area contributed by atoms with Crippen molar-refractivity contribution in [3.63, 3.8) is 0 Å². The van der Waals surface area contributed by atoms with Crippen LogP contribution >= 0.6 is 0 Å². The summed E-state index contributed by atoms with van der Waals surface area (Å²) in [5.74, 6) is -0.120. The van der Waals surface area contributed by atoms with E-state index in [2.05, 4.69) is 4.98 Å². The van der Waals surface area contributed by atoms with Crippen LogP contribution in [0.4, 0.5) is 11.6 Å². The second-order valence-corrected chi connectivity index (χ2v) is 7.18. The highest BCUT2D eigenvalue weighted by Gasteiger charge is 2.28. The molecule has 8 nitrogen and oxygen atoms in total. The second-order valence-electron chi connectivity index (χ2n) is 5.00. The third-order valence-electron chi connectivity index (χ3n) is 3.20. The summed E-state index contributed by atoms with van der Waals surface area (Å²) in [4.78, 5) is 16.6. The number of sulfone groups is 1. The molecule has 1 unspecified atom stereocenters. The number of hydrogen-bond donors (Lipinski definition) is 0. The Morgan fingerprint density at radius 2 is 2.14 bits per heavy atom. The fourth-order valence-electron chi connectivity index (χ4n) is 2.14. The number of fused-ring (bicyclic) bond motifs is 1. The first kappa shape index (κ1) is 15.2. The smallest absolute Gasteiger partial charge is 0.358 e. The van der Waals surface area contributed by atoms with E-state index in [1.54, 1.807) is 38.4 Å². The molecule has 0 aromatic carbocycles. The molecule has 2 aromatic heterocycles. The minimum absolute atomic E-state index is 0.103. The summed E-state index contributed by atoms with van der Waals surface area (Å²) in [6.07, 6.45) is 2.69. The lowest BCUT2D eigenvalue weighted by Gasteiger charge is -2.23. The van der Waals surface area contributed by atoms with Crippen molar-refractivity contribution in [3.05, 3.63) is 34.5 Å². The van der Waals surface area contributed by atoms with Gasteiger partial charge in [0.15, 0.2) is 0 Å². The highest BCUT2D eigenvalue weighted by molar-refractivity contribution is 7.90. The predicted octanol–water partition coefficient (Wildman–Crippen LogP) is 1.11. The average molecular weight is 312 g/mol. The summed E-state index contributed by atoms with van der Waals surface area (Å²) in [7, 11) is -1.58. The molecule has 0 aliphatic carbocycles. The fourth-order valence-corrected chi connectivity index (χ4v) is 3.24. The van der Waals surface area contributed by atoms with Crippen LogP contribution in [0.25, 0.3) is 5.65 Å². The normalized spacial score (nSPS) is 13.3. The van der Waals surface area contributed by atoms with Crippen molar-refractivity contribution in [2.45, 2.75) is 13.0 Å². The van der Waals surface area contributed by atoms with E-state index < -0.39 is 20.8 Å². The van der Waals surface area contributed by atoms with E-state index in [1.807, 2.05) is 0 Å². The van der Waals surface area contributed by atoms with Crippen LogP contribution in [0, 0.1) is 10.1 Å². The molecule has 0 bridgehead atoms. The number of rotatable bonds is 5. The number of nitrogens with zero attached hydrogens (tertiary/aromatic N) is 4. The molecule has 2 aromatic rings. The summed E-state index contributed by atoms with van der Waals surface area (Å²) in [6.45, 7) is 1.69. The molecule has 0 fully saturated rings. The van der Waals surface area contributed by atoms with Crippen molar-refractivity contribution in [2.75, 3.05) is 24.0 Å². The van der Waals surface area contributed by atoms with Crippen LogP contribution in [0.5, 0.6) is 0 Å². The third-order valence-corrected chi connectivity index (χ3v) is 4.29.